The molecule has 0 saturated heterocycles. The smallest absolute Gasteiger partial charge is 0.231 e. The van der Waals surface area contributed by atoms with Crippen LogP contribution in [0.3, 0.4) is 0 Å². The Bertz CT molecular complexity index is 886. The molecule has 0 radical (unpaired) electrons. The highest BCUT2D eigenvalue weighted by molar-refractivity contribution is 7.98. The minimum atomic E-state index is -0.155. The Hall–Kier alpha value is -2.53. The first kappa shape index (κ1) is 16.3. The Kier molecular flexibility index (Phi) is 5.01. The third kappa shape index (κ3) is 3.68. The Morgan fingerprint density at radius 2 is 1.88 bits per heavy atom. The van der Waals surface area contributed by atoms with Crippen LogP contribution in [-0.2, 0) is 4.79 Å². The number of rotatable bonds is 5. The molecule has 0 spiro atoms. The molecule has 0 atom stereocenters. The molecular formula is C19H18N2O2S. The summed E-state index contributed by atoms with van der Waals surface area (Å²) in [7, 11) is 0. The number of fused-ring (bicyclic) bond motifs is 1. The van der Waals surface area contributed by atoms with Crippen molar-refractivity contribution in [3.63, 3.8) is 0 Å². The number of thioether (sulfide) groups is 1. The van der Waals surface area contributed by atoms with Crippen LogP contribution in [0.15, 0.2) is 65.7 Å². The topological polar surface area (TPSA) is 51.1 Å². The van der Waals surface area contributed by atoms with E-state index in [1.807, 2.05) is 60.9 Å². The second-order valence-electron chi connectivity index (χ2n) is 5.42. The van der Waals surface area contributed by atoms with Crippen LogP contribution < -0.4 is 5.32 Å². The lowest BCUT2D eigenvalue weighted by Crippen LogP contribution is -2.16. The lowest BCUT2D eigenvalue weighted by molar-refractivity contribution is -0.116. The zero-order valence-electron chi connectivity index (χ0n) is 13.4. The van der Waals surface area contributed by atoms with Crippen molar-refractivity contribution in [2.45, 2.75) is 17.7 Å². The molecule has 24 heavy (non-hydrogen) atoms. The number of anilines is 1. The van der Waals surface area contributed by atoms with Gasteiger partial charge in [-0.15, -0.1) is 11.8 Å². The van der Waals surface area contributed by atoms with Crippen LogP contribution >= 0.6 is 11.8 Å². The molecule has 0 bridgehead atoms. The second-order valence-corrected chi connectivity index (χ2v) is 6.30. The molecule has 4 nitrogen and oxygen atoms in total. The number of nitrogens with zero attached hydrogens (tertiary/aromatic N) is 1. The largest absolute Gasteiger partial charge is 0.326 e. The number of benzene rings is 2. The summed E-state index contributed by atoms with van der Waals surface area (Å²) in [4.78, 5) is 25.5. The van der Waals surface area contributed by atoms with Crippen LogP contribution in [0, 0.1) is 0 Å². The maximum atomic E-state index is 12.4. The highest BCUT2D eigenvalue weighted by atomic mass is 32.2. The van der Waals surface area contributed by atoms with Gasteiger partial charge in [-0.1, -0.05) is 24.3 Å². The normalized spacial score (nSPS) is 10.7. The minimum Gasteiger partial charge on any atom is -0.326 e. The first-order chi connectivity index (χ1) is 11.7. The summed E-state index contributed by atoms with van der Waals surface area (Å²) < 4.78 is 1.61. The van der Waals surface area contributed by atoms with Crippen molar-refractivity contribution in [2.75, 3.05) is 11.6 Å². The monoisotopic (exact) mass is 338 g/mol. The quantitative estimate of drug-likeness (QED) is 0.701. The van der Waals surface area contributed by atoms with Gasteiger partial charge in [-0.25, -0.2) is 0 Å². The van der Waals surface area contributed by atoms with Gasteiger partial charge in [0.05, 0.1) is 5.52 Å². The fraction of sp³-hybridized carbons (Fsp3) is 0.158. The average Bonchev–Trinajstić information content (AvgIpc) is 3.04. The minimum absolute atomic E-state index is 0.0794. The molecule has 0 aliphatic heterocycles. The summed E-state index contributed by atoms with van der Waals surface area (Å²) in [5, 5.41) is 3.86. The van der Waals surface area contributed by atoms with E-state index in [1.54, 1.807) is 22.5 Å². The van der Waals surface area contributed by atoms with E-state index in [-0.39, 0.29) is 24.7 Å². The van der Waals surface area contributed by atoms with E-state index in [0.717, 1.165) is 21.5 Å². The van der Waals surface area contributed by atoms with Crippen LogP contribution in [-0.4, -0.2) is 22.6 Å². The fourth-order valence-corrected chi connectivity index (χ4v) is 3.03. The number of nitrogens with one attached hydrogen (secondary N) is 1. The van der Waals surface area contributed by atoms with Gasteiger partial charge < -0.3 is 5.32 Å². The predicted molar refractivity (Wildman–Crippen MR) is 98.7 cm³/mol. The lowest BCUT2D eigenvalue weighted by atomic mass is 10.2. The fourth-order valence-electron chi connectivity index (χ4n) is 2.57. The van der Waals surface area contributed by atoms with Crippen molar-refractivity contribution >= 4 is 40.2 Å². The predicted octanol–water partition coefficient (Wildman–Crippen LogP) is 4.42. The highest BCUT2D eigenvalue weighted by Gasteiger charge is 2.11. The molecule has 3 aromatic rings. The number of hydrogen-bond donors (Lipinski definition) is 1. The number of amides is 1. The number of para-hydroxylation sites is 1. The van der Waals surface area contributed by atoms with E-state index < -0.39 is 0 Å². The molecule has 1 heterocycles. The molecule has 0 aliphatic carbocycles. The van der Waals surface area contributed by atoms with Crippen molar-refractivity contribution in [1.82, 2.24) is 4.57 Å². The standard InChI is InChI=1S/C19H18N2O2S/c1-24-16-7-4-6-15(13-16)20-18(22)9-10-19(23)21-12-11-14-5-2-3-8-17(14)21/h2-8,11-13H,9-10H2,1H3,(H,20,22). The van der Waals surface area contributed by atoms with E-state index >= 15 is 0 Å². The molecule has 0 aliphatic rings. The van der Waals surface area contributed by atoms with Gasteiger partial charge in [0.15, 0.2) is 0 Å². The summed E-state index contributed by atoms with van der Waals surface area (Å²) in [5.41, 5.74) is 1.63. The molecule has 0 saturated carbocycles. The first-order valence-corrected chi connectivity index (χ1v) is 8.93. The molecular weight excluding hydrogens is 320 g/mol. The number of hydrogen-bond acceptors (Lipinski definition) is 3. The Labute approximate surface area is 144 Å². The van der Waals surface area contributed by atoms with E-state index in [4.69, 9.17) is 0 Å². The first-order valence-electron chi connectivity index (χ1n) is 7.70. The number of carbonyl (C=O) groups is 2. The molecule has 2 aromatic carbocycles. The van der Waals surface area contributed by atoms with Crippen molar-refractivity contribution in [3.8, 4) is 0 Å². The Morgan fingerprint density at radius 1 is 1.04 bits per heavy atom. The van der Waals surface area contributed by atoms with Gasteiger partial charge in [-0.3, -0.25) is 14.2 Å². The average molecular weight is 338 g/mol. The van der Waals surface area contributed by atoms with Gasteiger partial charge >= 0.3 is 0 Å². The number of aromatic nitrogens is 1. The molecule has 0 fully saturated rings. The summed E-state index contributed by atoms with van der Waals surface area (Å²) >= 11 is 1.62. The van der Waals surface area contributed by atoms with E-state index in [2.05, 4.69) is 5.32 Å². The SMILES string of the molecule is CSc1cccc(NC(=O)CCC(=O)n2ccc3ccccc32)c1. The van der Waals surface area contributed by atoms with Gasteiger partial charge in [0.1, 0.15) is 0 Å². The van der Waals surface area contributed by atoms with E-state index in [1.165, 1.54) is 0 Å². The lowest BCUT2D eigenvalue weighted by Gasteiger charge is -2.07. The zero-order chi connectivity index (χ0) is 16.9. The molecule has 1 aromatic heterocycles. The second kappa shape index (κ2) is 7.36. The van der Waals surface area contributed by atoms with Crippen molar-refractivity contribution in [3.05, 3.63) is 60.8 Å². The van der Waals surface area contributed by atoms with Crippen LogP contribution in [0.4, 0.5) is 5.69 Å². The van der Waals surface area contributed by atoms with Gasteiger partial charge in [0.2, 0.25) is 11.8 Å². The van der Waals surface area contributed by atoms with Crippen molar-refractivity contribution in [1.29, 1.82) is 0 Å². The Balaban J connectivity index is 1.60. The third-order valence-corrected chi connectivity index (χ3v) is 4.51. The zero-order valence-corrected chi connectivity index (χ0v) is 14.2. The summed E-state index contributed by atoms with van der Waals surface area (Å²) in [6.45, 7) is 0. The molecule has 122 valence electrons. The van der Waals surface area contributed by atoms with Gasteiger partial charge in [-0.05, 0) is 36.6 Å². The van der Waals surface area contributed by atoms with Crippen LogP contribution in [0.25, 0.3) is 10.9 Å². The van der Waals surface area contributed by atoms with Crippen molar-refractivity contribution in [2.24, 2.45) is 0 Å². The van der Waals surface area contributed by atoms with Gasteiger partial charge in [-0.2, -0.15) is 0 Å². The van der Waals surface area contributed by atoms with Crippen LogP contribution in [0.5, 0.6) is 0 Å². The summed E-state index contributed by atoms with van der Waals surface area (Å²) in [6.07, 6.45) is 4.08. The molecule has 3 rings (SSSR count). The highest BCUT2D eigenvalue weighted by Crippen LogP contribution is 2.19. The van der Waals surface area contributed by atoms with Crippen LogP contribution in [0.2, 0.25) is 0 Å². The Morgan fingerprint density at radius 3 is 2.71 bits per heavy atom. The van der Waals surface area contributed by atoms with Crippen LogP contribution in [0.1, 0.15) is 17.6 Å². The molecule has 0 unspecified atom stereocenters. The van der Waals surface area contributed by atoms with Gasteiger partial charge in [0.25, 0.3) is 0 Å². The van der Waals surface area contributed by atoms with Crippen molar-refractivity contribution < 1.29 is 9.59 Å². The molecule has 1 amide bonds. The van der Waals surface area contributed by atoms with E-state index in [0.29, 0.717) is 0 Å². The maximum absolute atomic E-state index is 12.4. The summed E-state index contributed by atoms with van der Waals surface area (Å²) in [5.74, 6) is -0.234. The number of carbonyl (C=O) groups excluding carboxylic acids is 2. The van der Waals surface area contributed by atoms with Gasteiger partial charge in [0, 0.05) is 35.0 Å². The molecule has 5 heteroatoms. The van der Waals surface area contributed by atoms with E-state index in [9.17, 15) is 9.59 Å². The maximum Gasteiger partial charge on any atom is 0.231 e. The summed E-state index contributed by atoms with van der Waals surface area (Å²) in [6, 6.07) is 17.3. The molecule has 1 N–H and O–H groups in total. The third-order valence-electron chi connectivity index (χ3n) is 3.79.